The van der Waals surface area contributed by atoms with Crippen molar-refractivity contribution in [2.75, 3.05) is 0 Å². The number of carbonyl (C=O) groups excluding carboxylic acids is 1. The SMILES string of the molecule is C=CC(=O)CC(=NO)c1ccccc1. The first-order chi connectivity index (χ1) is 6.77. The minimum Gasteiger partial charge on any atom is -0.411 e. The molecule has 1 N–H and O–H groups in total. The Bertz CT molecular complexity index is 355. The molecule has 0 unspecified atom stereocenters. The summed E-state index contributed by atoms with van der Waals surface area (Å²) in [5.74, 6) is -0.165. The highest BCUT2D eigenvalue weighted by molar-refractivity contribution is 6.13. The van der Waals surface area contributed by atoms with E-state index in [4.69, 9.17) is 5.21 Å². The van der Waals surface area contributed by atoms with Crippen LogP contribution < -0.4 is 0 Å². The second-order valence-electron chi connectivity index (χ2n) is 2.76. The lowest BCUT2D eigenvalue weighted by Gasteiger charge is -2.00. The molecule has 0 aliphatic heterocycles. The predicted octanol–water partition coefficient (Wildman–Crippen LogP) is 2.01. The minimum absolute atomic E-state index is 0.0734. The Morgan fingerprint density at radius 1 is 1.43 bits per heavy atom. The molecule has 0 saturated heterocycles. The summed E-state index contributed by atoms with van der Waals surface area (Å²) in [4.78, 5) is 11.0. The van der Waals surface area contributed by atoms with Gasteiger partial charge in [0.1, 0.15) is 0 Å². The van der Waals surface area contributed by atoms with Crippen molar-refractivity contribution in [1.82, 2.24) is 0 Å². The fourth-order valence-corrected chi connectivity index (χ4v) is 1.06. The molecule has 0 fully saturated rings. The molecule has 1 rings (SSSR count). The van der Waals surface area contributed by atoms with Gasteiger partial charge in [0.15, 0.2) is 5.78 Å². The van der Waals surface area contributed by atoms with Crippen LogP contribution >= 0.6 is 0 Å². The van der Waals surface area contributed by atoms with Gasteiger partial charge in [-0.05, 0) is 11.6 Å². The van der Waals surface area contributed by atoms with Gasteiger partial charge in [-0.1, -0.05) is 42.1 Å². The van der Waals surface area contributed by atoms with Gasteiger partial charge >= 0.3 is 0 Å². The van der Waals surface area contributed by atoms with Gasteiger partial charge in [0.25, 0.3) is 0 Å². The van der Waals surface area contributed by atoms with Crippen molar-refractivity contribution >= 4 is 11.5 Å². The lowest BCUT2D eigenvalue weighted by atomic mass is 10.1. The Hall–Kier alpha value is -1.90. The summed E-state index contributed by atoms with van der Waals surface area (Å²) in [7, 11) is 0. The van der Waals surface area contributed by atoms with E-state index in [9.17, 15) is 4.79 Å². The number of hydrogen-bond donors (Lipinski definition) is 1. The maximum atomic E-state index is 11.0. The maximum Gasteiger partial charge on any atom is 0.161 e. The summed E-state index contributed by atoms with van der Waals surface area (Å²) in [5.41, 5.74) is 1.10. The van der Waals surface area contributed by atoms with Crippen molar-refractivity contribution < 1.29 is 10.0 Å². The second-order valence-corrected chi connectivity index (χ2v) is 2.76. The molecule has 0 radical (unpaired) electrons. The molecular formula is C11H11NO2. The molecule has 0 aliphatic carbocycles. The molecule has 0 bridgehead atoms. The summed E-state index contributed by atoms with van der Waals surface area (Å²) < 4.78 is 0. The summed E-state index contributed by atoms with van der Waals surface area (Å²) in [6, 6.07) is 9.06. The number of nitrogens with zero attached hydrogens (tertiary/aromatic N) is 1. The van der Waals surface area contributed by atoms with E-state index in [2.05, 4.69) is 11.7 Å². The minimum atomic E-state index is -0.165. The van der Waals surface area contributed by atoms with Crippen molar-refractivity contribution in [3.63, 3.8) is 0 Å². The van der Waals surface area contributed by atoms with E-state index in [1.807, 2.05) is 18.2 Å². The lowest BCUT2D eigenvalue weighted by Crippen LogP contribution is -2.06. The molecule has 1 aromatic rings. The molecule has 1 aromatic carbocycles. The highest BCUT2D eigenvalue weighted by atomic mass is 16.4. The van der Waals surface area contributed by atoms with Gasteiger partial charge in [0.05, 0.1) is 12.1 Å². The molecule has 0 heterocycles. The third kappa shape index (κ3) is 2.55. The Kier molecular flexibility index (Phi) is 3.61. The number of carbonyl (C=O) groups is 1. The zero-order valence-electron chi connectivity index (χ0n) is 7.68. The van der Waals surface area contributed by atoms with E-state index in [1.165, 1.54) is 6.08 Å². The average molecular weight is 189 g/mol. The molecule has 72 valence electrons. The van der Waals surface area contributed by atoms with E-state index in [0.29, 0.717) is 5.71 Å². The Labute approximate surface area is 82.4 Å². The molecule has 3 heteroatoms. The third-order valence-electron chi connectivity index (χ3n) is 1.80. The molecule has 0 aliphatic rings. The van der Waals surface area contributed by atoms with Gasteiger partial charge < -0.3 is 5.21 Å². The van der Waals surface area contributed by atoms with Crippen molar-refractivity contribution in [2.24, 2.45) is 5.16 Å². The second kappa shape index (κ2) is 4.97. The standard InChI is InChI=1S/C11H11NO2/c1-2-10(13)8-11(12-14)9-6-4-3-5-7-9/h2-7,14H,1,8H2. The summed E-state index contributed by atoms with van der Waals surface area (Å²) in [6.45, 7) is 3.36. The fraction of sp³-hybridized carbons (Fsp3) is 0.0909. The summed E-state index contributed by atoms with van der Waals surface area (Å²) in [6.07, 6.45) is 1.29. The van der Waals surface area contributed by atoms with Crippen LogP contribution in [0.3, 0.4) is 0 Å². The van der Waals surface area contributed by atoms with Gasteiger partial charge in [-0.2, -0.15) is 0 Å². The highest BCUT2D eigenvalue weighted by Crippen LogP contribution is 2.04. The fourth-order valence-electron chi connectivity index (χ4n) is 1.06. The van der Waals surface area contributed by atoms with Crippen molar-refractivity contribution in [1.29, 1.82) is 0 Å². The van der Waals surface area contributed by atoms with Gasteiger partial charge in [-0.15, -0.1) is 0 Å². The number of ketones is 1. The first-order valence-corrected chi connectivity index (χ1v) is 4.19. The smallest absolute Gasteiger partial charge is 0.161 e. The summed E-state index contributed by atoms with van der Waals surface area (Å²) in [5, 5.41) is 11.8. The van der Waals surface area contributed by atoms with E-state index in [-0.39, 0.29) is 12.2 Å². The Morgan fingerprint density at radius 3 is 2.57 bits per heavy atom. The highest BCUT2D eigenvalue weighted by Gasteiger charge is 2.07. The van der Waals surface area contributed by atoms with Crippen LogP contribution in [0.4, 0.5) is 0 Å². The molecule has 3 nitrogen and oxygen atoms in total. The first-order valence-electron chi connectivity index (χ1n) is 4.19. The van der Waals surface area contributed by atoms with Gasteiger partial charge in [-0.25, -0.2) is 0 Å². The monoisotopic (exact) mass is 189 g/mol. The van der Waals surface area contributed by atoms with Gasteiger partial charge in [0.2, 0.25) is 0 Å². The van der Waals surface area contributed by atoms with Crippen LogP contribution in [-0.4, -0.2) is 16.7 Å². The molecule has 0 aromatic heterocycles. The largest absolute Gasteiger partial charge is 0.411 e. The average Bonchev–Trinajstić information content (AvgIpc) is 2.26. The predicted molar refractivity (Wildman–Crippen MR) is 54.6 cm³/mol. The lowest BCUT2D eigenvalue weighted by molar-refractivity contribution is -0.113. The van der Waals surface area contributed by atoms with Crippen LogP contribution in [0.2, 0.25) is 0 Å². The van der Waals surface area contributed by atoms with E-state index >= 15 is 0 Å². The first kappa shape index (κ1) is 10.2. The number of rotatable bonds is 4. The number of oxime groups is 1. The molecule has 0 atom stereocenters. The Balaban J connectivity index is 2.84. The molecular weight excluding hydrogens is 178 g/mol. The van der Waals surface area contributed by atoms with Gasteiger partial charge in [-0.3, -0.25) is 4.79 Å². The van der Waals surface area contributed by atoms with Crippen LogP contribution in [0.1, 0.15) is 12.0 Å². The van der Waals surface area contributed by atoms with Crippen molar-refractivity contribution in [3.05, 3.63) is 48.6 Å². The number of hydrogen-bond acceptors (Lipinski definition) is 3. The van der Waals surface area contributed by atoms with E-state index in [0.717, 1.165) is 5.56 Å². The topological polar surface area (TPSA) is 49.7 Å². The molecule has 0 saturated carbocycles. The molecule has 0 spiro atoms. The van der Waals surface area contributed by atoms with Crippen LogP contribution in [0.5, 0.6) is 0 Å². The van der Waals surface area contributed by atoms with Crippen LogP contribution in [0, 0.1) is 0 Å². The zero-order valence-corrected chi connectivity index (χ0v) is 7.68. The van der Waals surface area contributed by atoms with Crippen molar-refractivity contribution in [2.45, 2.75) is 6.42 Å². The molecule has 0 amide bonds. The number of allylic oxidation sites excluding steroid dienone is 1. The van der Waals surface area contributed by atoms with Gasteiger partial charge in [0, 0.05) is 0 Å². The number of benzene rings is 1. The van der Waals surface area contributed by atoms with Crippen LogP contribution in [0.25, 0.3) is 0 Å². The third-order valence-corrected chi connectivity index (χ3v) is 1.80. The maximum absolute atomic E-state index is 11.0. The quantitative estimate of drug-likeness (QED) is 0.341. The summed E-state index contributed by atoms with van der Waals surface area (Å²) >= 11 is 0. The van der Waals surface area contributed by atoms with E-state index < -0.39 is 0 Å². The normalized spacial score (nSPS) is 11.0. The van der Waals surface area contributed by atoms with Crippen molar-refractivity contribution in [3.8, 4) is 0 Å². The van der Waals surface area contributed by atoms with Crippen LogP contribution in [-0.2, 0) is 4.79 Å². The zero-order chi connectivity index (χ0) is 10.4. The Morgan fingerprint density at radius 2 is 2.07 bits per heavy atom. The molecule has 14 heavy (non-hydrogen) atoms. The van der Waals surface area contributed by atoms with E-state index in [1.54, 1.807) is 12.1 Å². The van der Waals surface area contributed by atoms with Crippen LogP contribution in [0.15, 0.2) is 48.1 Å².